The number of aryl methyl sites for hydroxylation is 1. The van der Waals surface area contributed by atoms with Crippen molar-refractivity contribution in [3.8, 4) is 0 Å². The van der Waals surface area contributed by atoms with Crippen molar-refractivity contribution in [3.05, 3.63) is 52.1 Å². The minimum Gasteiger partial charge on any atom is -0.443 e. The van der Waals surface area contributed by atoms with Crippen LogP contribution in [0.15, 0.2) is 36.5 Å². The number of rotatable bonds is 2. The molecule has 0 aliphatic carbocycles. The van der Waals surface area contributed by atoms with Gasteiger partial charge in [-0.3, -0.25) is 0 Å². The standard InChI is InChI=1S/C17H18Cl2N2O2/c1-11-8-9-20-14(10-11)21(16(22)23-17(2,3)4)15-12(18)6-5-7-13(15)19/h5-10H,1-4H3. The van der Waals surface area contributed by atoms with E-state index < -0.39 is 11.7 Å². The summed E-state index contributed by atoms with van der Waals surface area (Å²) in [6.45, 7) is 7.29. The number of benzene rings is 1. The topological polar surface area (TPSA) is 42.4 Å². The third-order valence-electron chi connectivity index (χ3n) is 2.87. The van der Waals surface area contributed by atoms with E-state index in [-0.39, 0.29) is 0 Å². The summed E-state index contributed by atoms with van der Waals surface area (Å²) in [5.41, 5.74) is 0.641. The van der Waals surface area contributed by atoms with E-state index in [2.05, 4.69) is 4.98 Å². The molecule has 1 aromatic heterocycles. The molecule has 0 bridgehead atoms. The van der Waals surface area contributed by atoms with Crippen LogP contribution in [0, 0.1) is 6.92 Å². The van der Waals surface area contributed by atoms with Gasteiger partial charge in [0.1, 0.15) is 11.4 Å². The molecule has 2 rings (SSSR count). The number of pyridine rings is 1. The largest absolute Gasteiger partial charge is 0.443 e. The SMILES string of the molecule is Cc1ccnc(N(C(=O)OC(C)(C)C)c2c(Cl)cccc2Cl)c1. The van der Waals surface area contributed by atoms with Crippen LogP contribution in [0.4, 0.5) is 16.3 Å². The predicted molar refractivity (Wildman–Crippen MR) is 93.8 cm³/mol. The van der Waals surface area contributed by atoms with Crippen LogP contribution in [0.1, 0.15) is 26.3 Å². The van der Waals surface area contributed by atoms with E-state index in [1.165, 1.54) is 4.90 Å². The Labute approximate surface area is 146 Å². The monoisotopic (exact) mass is 352 g/mol. The quantitative estimate of drug-likeness (QED) is 0.688. The number of hydrogen-bond acceptors (Lipinski definition) is 3. The zero-order valence-corrected chi connectivity index (χ0v) is 14.9. The molecule has 0 aliphatic rings. The number of carbonyl (C=O) groups excluding carboxylic acids is 1. The van der Waals surface area contributed by atoms with Gasteiger partial charge < -0.3 is 4.74 Å². The van der Waals surface area contributed by atoms with Gasteiger partial charge in [-0.1, -0.05) is 29.3 Å². The number of aromatic nitrogens is 1. The van der Waals surface area contributed by atoms with Gasteiger partial charge in [-0.05, 0) is 57.5 Å². The van der Waals surface area contributed by atoms with Crippen molar-refractivity contribution in [3.63, 3.8) is 0 Å². The van der Waals surface area contributed by atoms with Gasteiger partial charge in [-0.25, -0.2) is 14.7 Å². The Kier molecular flexibility index (Phi) is 5.17. The van der Waals surface area contributed by atoms with Crippen LogP contribution in [0.5, 0.6) is 0 Å². The molecule has 2 aromatic rings. The van der Waals surface area contributed by atoms with Crippen LogP contribution in [-0.2, 0) is 4.74 Å². The molecule has 1 amide bonds. The van der Waals surface area contributed by atoms with Gasteiger partial charge in [-0.2, -0.15) is 0 Å². The maximum atomic E-state index is 12.7. The summed E-state index contributed by atoms with van der Waals surface area (Å²) in [6, 6.07) is 8.64. The first-order valence-corrected chi connectivity index (χ1v) is 7.84. The van der Waals surface area contributed by atoms with Gasteiger partial charge in [0.05, 0.1) is 15.7 Å². The highest BCUT2D eigenvalue weighted by Crippen LogP contribution is 2.38. The van der Waals surface area contributed by atoms with E-state index in [4.69, 9.17) is 27.9 Å². The molecule has 0 saturated heterocycles. The highest BCUT2D eigenvalue weighted by molar-refractivity contribution is 6.40. The molecule has 1 heterocycles. The lowest BCUT2D eigenvalue weighted by atomic mass is 10.2. The zero-order chi connectivity index (χ0) is 17.2. The fraction of sp³-hybridized carbons (Fsp3) is 0.294. The van der Waals surface area contributed by atoms with Gasteiger partial charge in [0.25, 0.3) is 0 Å². The van der Waals surface area contributed by atoms with Gasteiger partial charge >= 0.3 is 6.09 Å². The van der Waals surface area contributed by atoms with E-state index in [0.29, 0.717) is 21.6 Å². The van der Waals surface area contributed by atoms with Crippen molar-refractivity contribution in [2.24, 2.45) is 0 Å². The minimum atomic E-state index is -0.660. The first-order valence-electron chi connectivity index (χ1n) is 7.09. The number of carbonyl (C=O) groups is 1. The molecule has 122 valence electrons. The number of ether oxygens (including phenoxy) is 1. The van der Waals surface area contributed by atoms with Crippen molar-refractivity contribution in [2.45, 2.75) is 33.3 Å². The molecular weight excluding hydrogens is 335 g/mol. The molecule has 0 unspecified atom stereocenters. The Morgan fingerprint density at radius 1 is 1.17 bits per heavy atom. The maximum absolute atomic E-state index is 12.7. The number of hydrogen-bond donors (Lipinski definition) is 0. The van der Waals surface area contributed by atoms with Gasteiger partial charge in [0.2, 0.25) is 0 Å². The van der Waals surface area contributed by atoms with Crippen LogP contribution in [-0.4, -0.2) is 16.7 Å². The molecule has 0 saturated carbocycles. The second-order valence-corrected chi connectivity index (χ2v) is 6.89. The number of nitrogens with zero attached hydrogens (tertiary/aromatic N) is 2. The zero-order valence-electron chi connectivity index (χ0n) is 13.4. The summed E-state index contributed by atoms with van der Waals surface area (Å²) < 4.78 is 5.49. The van der Waals surface area contributed by atoms with Crippen LogP contribution >= 0.6 is 23.2 Å². The van der Waals surface area contributed by atoms with Crippen LogP contribution < -0.4 is 4.90 Å². The number of halogens is 2. The third-order valence-corrected chi connectivity index (χ3v) is 3.48. The van der Waals surface area contributed by atoms with Crippen molar-refractivity contribution < 1.29 is 9.53 Å². The first-order chi connectivity index (χ1) is 10.7. The Bertz CT molecular complexity index is 707. The predicted octanol–water partition coefficient (Wildman–Crippen LogP) is 5.77. The lowest BCUT2D eigenvalue weighted by Crippen LogP contribution is -2.34. The molecule has 6 heteroatoms. The Morgan fingerprint density at radius 2 is 1.78 bits per heavy atom. The van der Waals surface area contributed by atoms with Gasteiger partial charge in [0, 0.05) is 6.20 Å². The molecule has 0 atom stereocenters. The second-order valence-electron chi connectivity index (χ2n) is 6.08. The summed E-state index contributed by atoms with van der Waals surface area (Å²) >= 11 is 12.5. The molecular formula is C17H18Cl2N2O2. The summed E-state index contributed by atoms with van der Waals surface area (Å²) in [4.78, 5) is 18.3. The van der Waals surface area contributed by atoms with Gasteiger partial charge in [-0.15, -0.1) is 0 Å². The van der Waals surface area contributed by atoms with E-state index in [9.17, 15) is 4.79 Å². The summed E-state index contributed by atoms with van der Waals surface area (Å²) in [7, 11) is 0. The molecule has 4 nitrogen and oxygen atoms in total. The fourth-order valence-electron chi connectivity index (χ4n) is 1.95. The van der Waals surface area contributed by atoms with E-state index in [1.54, 1.807) is 51.2 Å². The molecule has 0 N–H and O–H groups in total. The number of anilines is 2. The second kappa shape index (κ2) is 6.77. The van der Waals surface area contributed by atoms with Gasteiger partial charge in [0.15, 0.2) is 0 Å². The molecule has 0 radical (unpaired) electrons. The van der Waals surface area contributed by atoms with E-state index in [1.807, 2.05) is 13.0 Å². The number of para-hydroxylation sites is 1. The van der Waals surface area contributed by atoms with Crippen LogP contribution in [0.2, 0.25) is 10.0 Å². The maximum Gasteiger partial charge on any atom is 0.420 e. The van der Waals surface area contributed by atoms with Crippen molar-refractivity contribution in [1.82, 2.24) is 4.98 Å². The Morgan fingerprint density at radius 3 is 2.30 bits per heavy atom. The number of amides is 1. The summed E-state index contributed by atoms with van der Waals surface area (Å²) in [5.74, 6) is 0.397. The average Bonchev–Trinajstić information content (AvgIpc) is 2.40. The normalized spacial score (nSPS) is 11.2. The van der Waals surface area contributed by atoms with Crippen LogP contribution in [0.25, 0.3) is 0 Å². The van der Waals surface area contributed by atoms with Crippen LogP contribution in [0.3, 0.4) is 0 Å². The smallest absolute Gasteiger partial charge is 0.420 e. The molecule has 23 heavy (non-hydrogen) atoms. The Balaban J connectivity index is 2.58. The first kappa shape index (κ1) is 17.6. The molecule has 0 spiro atoms. The van der Waals surface area contributed by atoms with Crippen molar-refractivity contribution >= 4 is 40.8 Å². The Hall–Kier alpha value is -1.78. The molecule has 0 aliphatic heterocycles. The van der Waals surface area contributed by atoms with Crippen molar-refractivity contribution in [2.75, 3.05) is 4.90 Å². The summed E-state index contributed by atoms with van der Waals surface area (Å²) in [5, 5.41) is 0.679. The minimum absolute atomic E-state index is 0.340. The highest BCUT2D eigenvalue weighted by atomic mass is 35.5. The lowest BCUT2D eigenvalue weighted by Gasteiger charge is -2.28. The average molecular weight is 353 g/mol. The molecule has 0 fully saturated rings. The third kappa shape index (κ3) is 4.36. The van der Waals surface area contributed by atoms with Crippen molar-refractivity contribution in [1.29, 1.82) is 0 Å². The fourth-order valence-corrected chi connectivity index (χ4v) is 2.52. The van der Waals surface area contributed by atoms with E-state index in [0.717, 1.165) is 5.56 Å². The lowest BCUT2D eigenvalue weighted by molar-refractivity contribution is 0.0598. The highest BCUT2D eigenvalue weighted by Gasteiger charge is 2.29. The van der Waals surface area contributed by atoms with E-state index >= 15 is 0 Å². The summed E-state index contributed by atoms with van der Waals surface area (Å²) in [6.07, 6.45) is 1.03. The molecule has 1 aromatic carbocycles.